The Morgan fingerprint density at radius 2 is 0.821 bits per heavy atom. The first-order valence-corrected chi connectivity index (χ1v) is 19.2. The lowest BCUT2D eigenvalue weighted by Crippen LogP contribution is -2.43. The number of rotatable bonds is 11. The number of unbranched alkanes of at least 4 members (excludes halogenated alkanes) is 3. The van der Waals surface area contributed by atoms with Crippen LogP contribution in [0.3, 0.4) is 0 Å². The molecule has 302 valence electrons. The van der Waals surface area contributed by atoms with Gasteiger partial charge in [-0.25, -0.2) is 0 Å². The first kappa shape index (κ1) is 49.2. The summed E-state index contributed by atoms with van der Waals surface area (Å²) in [6.07, 6.45) is 3.66. The highest BCUT2D eigenvalue weighted by atomic mass is 127. The van der Waals surface area contributed by atoms with Crippen LogP contribution in [0.15, 0.2) is 60.7 Å². The van der Waals surface area contributed by atoms with Crippen LogP contribution in [0.2, 0.25) is 40.2 Å². The molecule has 4 aromatic rings. The molecule has 0 fully saturated rings. The van der Waals surface area contributed by atoms with Gasteiger partial charge in [-0.05, 0) is 73.5 Å². The fourth-order valence-corrected chi connectivity index (χ4v) is 6.23. The molecule has 0 aliphatic carbocycles. The lowest BCUT2D eigenvalue weighted by molar-refractivity contribution is 0.463. The van der Waals surface area contributed by atoms with Crippen molar-refractivity contribution in [3.63, 3.8) is 0 Å². The molecule has 0 spiro atoms. The molecule has 0 unspecified atom stereocenters. The third kappa shape index (κ3) is 16.5. The molecule has 0 bridgehead atoms. The average Bonchev–Trinajstić information content (AvgIpc) is 3.13. The molecule has 0 aliphatic heterocycles. The zero-order valence-electron chi connectivity index (χ0n) is 29.0. The van der Waals surface area contributed by atoms with Gasteiger partial charge < -0.3 is 31.5 Å². The van der Waals surface area contributed by atoms with Gasteiger partial charge in [0.25, 0.3) is 0 Å². The van der Waals surface area contributed by atoms with Crippen molar-refractivity contribution >= 4 is 152 Å². The summed E-state index contributed by atoms with van der Waals surface area (Å²) in [5, 5.41) is 70.1. The molecule has 0 aliphatic rings. The molecule has 0 saturated carbocycles. The number of benzene rings is 4. The van der Waals surface area contributed by atoms with Gasteiger partial charge in [0.05, 0.1) is 30.1 Å². The second-order valence-electron chi connectivity index (χ2n) is 11.4. The van der Waals surface area contributed by atoms with Crippen LogP contribution in [-0.4, -0.2) is 47.1 Å². The summed E-state index contributed by atoms with van der Waals surface area (Å²) in [5.41, 5.74) is 1.84. The number of phenols is 2. The Bertz CT molecular complexity index is 1800. The van der Waals surface area contributed by atoms with E-state index in [4.69, 9.17) is 114 Å². The quantitative estimate of drug-likeness (QED) is 0.0228. The third-order valence-electron chi connectivity index (χ3n) is 7.27. The summed E-state index contributed by atoms with van der Waals surface area (Å²) in [7, 11) is 0. The summed E-state index contributed by atoms with van der Waals surface area (Å²) >= 11 is 47.4. The molecular weight excluding hydrogens is 1000 g/mol. The fraction of sp³-hybridized carbons (Fsp3) is 0.200. The van der Waals surface area contributed by atoms with E-state index in [2.05, 4.69) is 31.9 Å². The van der Waals surface area contributed by atoms with Crippen molar-refractivity contribution in [3.8, 4) is 11.5 Å². The van der Waals surface area contributed by atoms with Crippen molar-refractivity contribution < 1.29 is 10.2 Å². The van der Waals surface area contributed by atoms with Gasteiger partial charge in [0.15, 0.2) is 23.8 Å². The van der Waals surface area contributed by atoms with Gasteiger partial charge in [0, 0.05) is 52.1 Å². The Balaban J connectivity index is 0.000000422. The molecule has 12 nitrogen and oxygen atoms in total. The Hall–Kier alpha value is -2.99. The molecule has 0 heterocycles. The highest BCUT2D eigenvalue weighted by Gasteiger charge is 2.21. The largest absolute Gasteiger partial charge is 0.506 e. The van der Waals surface area contributed by atoms with Gasteiger partial charge in [0.2, 0.25) is 0 Å². The molecule has 4 rings (SSSR count). The molecule has 0 atom stereocenters. The van der Waals surface area contributed by atoms with Crippen LogP contribution in [0, 0.1) is 21.6 Å². The van der Waals surface area contributed by atoms with Crippen molar-refractivity contribution in [2.24, 2.45) is 0 Å². The van der Waals surface area contributed by atoms with Crippen molar-refractivity contribution in [2.45, 2.75) is 32.1 Å². The van der Waals surface area contributed by atoms with Crippen molar-refractivity contribution in [3.05, 3.63) is 112 Å². The SMILES string of the molecule is I.N=C(NCCCCCCNC(=N)NC(=N)Nc1ccc(Cl)cc1)NC(=N)Nc1ccc(Cl)cc1.Oc1c(Cl)cc(Cl)c(Cl)c1Cc1c(O)c(Cl)cc(Cl)c1Cl. The van der Waals surface area contributed by atoms with Crippen LogP contribution in [0.5, 0.6) is 11.5 Å². The number of guanidine groups is 4. The van der Waals surface area contributed by atoms with Crippen LogP contribution in [0.4, 0.5) is 11.4 Å². The van der Waals surface area contributed by atoms with E-state index < -0.39 is 0 Å². The van der Waals surface area contributed by atoms with E-state index in [9.17, 15) is 10.2 Å². The molecule has 0 radical (unpaired) electrons. The predicted molar refractivity (Wildman–Crippen MR) is 246 cm³/mol. The van der Waals surface area contributed by atoms with E-state index in [1.807, 2.05) is 0 Å². The number of anilines is 2. The second kappa shape index (κ2) is 24.7. The summed E-state index contributed by atoms with van der Waals surface area (Å²) in [5.74, 6) is -0.392. The minimum absolute atomic E-state index is 0. The Kier molecular flexibility index (Phi) is 21.7. The van der Waals surface area contributed by atoms with Gasteiger partial charge in [-0.2, -0.15) is 0 Å². The molecule has 21 heteroatoms. The van der Waals surface area contributed by atoms with E-state index in [-0.39, 0.29) is 107 Å². The van der Waals surface area contributed by atoms with Crippen LogP contribution < -0.4 is 31.9 Å². The van der Waals surface area contributed by atoms with E-state index in [1.54, 1.807) is 48.5 Å². The third-order valence-corrected chi connectivity index (χ3v) is 10.0. The van der Waals surface area contributed by atoms with Crippen LogP contribution in [0.25, 0.3) is 0 Å². The van der Waals surface area contributed by atoms with Gasteiger partial charge in [-0.15, -0.1) is 24.0 Å². The maximum absolute atomic E-state index is 10.0. The standard InChI is InChI=1S/C22H30Cl2N10.C13H6Cl6O2.HI/c23-15-5-9-17(10-6-15)31-21(27)33-19(25)29-13-3-1-2-4-14-30-20(26)34-22(28)32-18-11-7-16(24)8-12-18;14-6-2-8(16)12(20)4(10(6)18)1-5-11(19)7(15)3-9(17)13(5)21;/h5-12H,1-4,13-14H2,(H5,25,27,29,31,33)(H5,26,28,30,32,34);2-3,20-21H,1H2;1H. The number of phenolic OH excluding ortho intramolecular Hbond substituents is 2. The maximum Gasteiger partial charge on any atom is 0.199 e. The molecule has 12 N–H and O–H groups in total. The Morgan fingerprint density at radius 3 is 1.16 bits per heavy atom. The molecular formula is C35H37Cl8IN10O2. The van der Waals surface area contributed by atoms with Gasteiger partial charge in [-0.1, -0.05) is 106 Å². The van der Waals surface area contributed by atoms with Crippen LogP contribution >= 0.6 is 117 Å². The molecule has 0 saturated heterocycles. The predicted octanol–water partition coefficient (Wildman–Crippen LogP) is 11.4. The summed E-state index contributed by atoms with van der Waals surface area (Å²) < 4.78 is 0. The van der Waals surface area contributed by atoms with Crippen molar-refractivity contribution in [2.75, 3.05) is 23.7 Å². The summed E-state index contributed by atoms with van der Waals surface area (Å²) in [6, 6.07) is 16.5. The van der Waals surface area contributed by atoms with E-state index in [0.29, 0.717) is 34.5 Å². The lowest BCUT2D eigenvalue weighted by Gasteiger charge is -2.14. The summed E-state index contributed by atoms with van der Waals surface area (Å²) in [6.45, 7) is 1.25. The van der Waals surface area contributed by atoms with Crippen molar-refractivity contribution in [1.82, 2.24) is 21.3 Å². The molecule has 56 heavy (non-hydrogen) atoms. The number of nitrogens with one attached hydrogen (secondary N) is 10. The minimum Gasteiger partial charge on any atom is -0.506 e. The number of hydrogen-bond donors (Lipinski definition) is 12. The highest BCUT2D eigenvalue weighted by Crippen LogP contribution is 2.44. The first-order chi connectivity index (χ1) is 26.0. The van der Waals surface area contributed by atoms with Gasteiger partial charge in [0.1, 0.15) is 11.5 Å². The van der Waals surface area contributed by atoms with Gasteiger partial charge in [-0.3, -0.25) is 32.3 Å². The topological polar surface area (TPSA) is 208 Å². The van der Waals surface area contributed by atoms with E-state index in [1.165, 1.54) is 12.1 Å². The van der Waals surface area contributed by atoms with E-state index in [0.717, 1.165) is 25.7 Å². The zero-order valence-corrected chi connectivity index (χ0v) is 37.4. The van der Waals surface area contributed by atoms with Crippen molar-refractivity contribution in [1.29, 1.82) is 21.6 Å². The Labute approximate surface area is 381 Å². The van der Waals surface area contributed by atoms with Crippen LogP contribution in [0.1, 0.15) is 36.8 Å². The fourth-order valence-electron chi connectivity index (χ4n) is 4.56. The lowest BCUT2D eigenvalue weighted by atomic mass is 10.0. The molecule has 0 amide bonds. The van der Waals surface area contributed by atoms with Gasteiger partial charge >= 0.3 is 0 Å². The number of hydrogen-bond acceptors (Lipinski definition) is 6. The maximum atomic E-state index is 10.0. The van der Waals surface area contributed by atoms with E-state index >= 15 is 0 Å². The average molecular weight is 1040 g/mol. The number of aromatic hydroxyl groups is 2. The first-order valence-electron chi connectivity index (χ1n) is 16.2. The zero-order chi connectivity index (χ0) is 40.7. The highest BCUT2D eigenvalue weighted by molar-refractivity contribution is 14.0. The molecule has 4 aromatic carbocycles. The summed E-state index contributed by atoms with van der Waals surface area (Å²) in [4.78, 5) is 0. The monoisotopic (exact) mass is 1040 g/mol. The normalized spacial score (nSPS) is 10.2. The second-order valence-corrected chi connectivity index (χ2v) is 14.7. The van der Waals surface area contributed by atoms with Crippen LogP contribution in [-0.2, 0) is 6.42 Å². The molecule has 0 aromatic heterocycles. The number of halogens is 9. The smallest absolute Gasteiger partial charge is 0.199 e. The minimum atomic E-state index is -0.252. The Morgan fingerprint density at radius 1 is 0.482 bits per heavy atom.